The van der Waals surface area contributed by atoms with E-state index in [-0.39, 0.29) is 11.8 Å². The summed E-state index contributed by atoms with van der Waals surface area (Å²) in [7, 11) is 0. The zero-order valence-electron chi connectivity index (χ0n) is 8.69. The molecule has 3 nitrogen and oxygen atoms in total. The number of hydrogen-bond acceptors (Lipinski definition) is 3. The Kier molecular flexibility index (Phi) is 3.16. The molecule has 1 N–H and O–H groups in total. The van der Waals surface area contributed by atoms with E-state index in [2.05, 4.69) is 10.5 Å². The van der Waals surface area contributed by atoms with Crippen LogP contribution in [0.4, 0.5) is 0 Å². The van der Waals surface area contributed by atoms with Gasteiger partial charge in [-0.3, -0.25) is 4.79 Å². The van der Waals surface area contributed by atoms with Gasteiger partial charge in [0, 0.05) is 5.92 Å². The predicted molar refractivity (Wildman–Crippen MR) is 62.0 cm³/mol. The van der Waals surface area contributed by atoms with E-state index in [1.807, 2.05) is 24.4 Å². The minimum atomic E-state index is 0.0671. The number of thiophene rings is 1. The van der Waals surface area contributed by atoms with Crippen LogP contribution in [-0.4, -0.2) is 11.6 Å². The van der Waals surface area contributed by atoms with Gasteiger partial charge in [-0.15, -0.1) is 11.3 Å². The second kappa shape index (κ2) is 4.57. The minimum absolute atomic E-state index is 0.0671. The van der Waals surface area contributed by atoms with Crippen molar-refractivity contribution in [1.82, 2.24) is 5.43 Å². The Hall–Kier alpha value is -1.16. The fraction of sp³-hybridized carbons (Fsp3) is 0.455. The van der Waals surface area contributed by atoms with Crippen LogP contribution in [0.2, 0.25) is 0 Å². The molecule has 1 amide bonds. The summed E-state index contributed by atoms with van der Waals surface area (Å²) in [6, 6.07) is 4.02. The van der Waals surface area contributed by atoms with Crippen LogP contribution in [0.25, 0.3) is 0 Å². The van der Waals surface area contributed by atoms with Crippen molar-refractivity contribution in [3.63, 3.8) is 0 Å². The van der Waals surface area contributed by atoms with Crippen LogP contribution < -0.4 is 5.43 Å². The quantitative estimate of drug-likeness (QED) is 0.617. The van der Waals surface area contributed by atoms with Gasteiger partial charge in [0.2, 0.25) is 5.91 Å². The lowest BCUT2D eigenvalue weighted by molar-refractivity contribution is -0.122. The summed E-state index contributed by atoms with van der Waals surface area (Å²) in [5.41, 5.74) is 3.60. The summed E-state index contributed by atoms with van der Waals surface area (Å²) in [4.78, 5) is 12.5. The van der Waals surface area contributed by atoms with Crippen molar-refractivity contribution in [2.75, 3.05) is 0 Å². The number of carbonyl (C=O) groups is 1. The molecule has 0 bridgehead atoms. The Balaban J connectivity index is 1.99. The first-order chi connectivity index (χ1) is 7.31. The van der Waals surface area contributed by atoms with E-state index in [4.69, 9.17) is 0 Å². The molecule has 80 valence electrons. The molecule has 0 spiro atoms. The highest BCUT2D eigenvalue weighted by atomic mass is 32.1. The van der Waals surface area contributed by atoms with E-state index in [9.17, 15) is 4.79 Å². The third kappa shape index (κ3) is 2.65. The maximum absolute atomic E-state index is 11.4. The van der Waals surface area contributed by atoms with Gasteiger partial charge in [-0.05, 0) is 30.7 Å². The molecule has 1 aromatic heterocycles. The number of hydrazone groups is 1. The normalized spacial score (nSPS) is 16.5. The van der Waals surface area contributed by atoms with Crippen LogP contribution in [0.5, 0.6) is 0 Å². The Morgan fingerprint density at radius 2 is 2.47 bits per heavy atom. The van der Waals surface area contributed by atoms with Crippen molar-refractivity contribution in [3.05, 3.63) is 22.4 Å². The molecule has 0 unspecified atom stereocenters. The van der Waals surface area contributed by atoms with E-state index >= 15 is 0 Å². The van der Waals surface area contributed by atoms with Crippen molar-refractivity contribution in [3.8, 4) is 0 Å². The average molecular weight is 222 g/mol. The number of nitrogens with one attached hydrogen (secondary N) is 1. The second-order valence-corrected chi connectivity index (χ2v) is 4.59. The molecule has 15 heavy (non-hydrogen) atoms. The molecule has 1 heterocycles. The van der Waals surface area contributed by atoms with Gasteiger partial charge in [0.25, 0.3) is 0 Å². The van der Waals surface area contributed by atoms with Crippen molar-refractivity contribution in [2.24, 2.45) is 11.0 Å². The molecule has 1 aliphatic rings. The molecule has 0 aromatic carbocycles. The van der Waals surface area contributed by atoms with Gasteiger partial charge in [0.15, 0.2) is 0 Å². The van der Waals surface area contributed by atoms with Crippen LogP contribution in [0, 0.1) is 5.92 Å². The molecule has 1 fully saturated rings. The maximum Gasteiger partial charge on any atom is 0.243 e. The smallest absolute Gasteiger partial charge is 0.243 e. The minimum Gasteiger partial charge on any atom is -0.273 e. The summed E-state index contributed by atoms with van der Waals surface area (Å²) in [6.07, 6.45) is 2.87. The first kappa shape index (κ1) is 10.4. The zero-order valence-corrected chi connectivity index (χ0v) is 9.51. The lowest BCUT2D eigenvalue weighted by atomic mass is 10.2. The Morgan fingerprint density at radius 3 is 3.00 bits per heavy atom. The number of carbonyl (C=O) groups excluding carboxylic acids is 1. The zero-order chi connectivity index (χ0) is 10.7. The maximum atomic E-state index is 11.4. The molecule has 1 aliphatic carbocycles. The molecule has 2 rings (SSSR count). The molecule has 0 saturated heterocycles. The van der Waals surface area contributed by atoms with Crippen LogP contribution in [0.15, 0.2) is 22.6 Å². The van der Waals surface area contributed by atoms with E-state index in [0.717, 1.165) is 29.9 Å². The van der Waals surface area contributed by atoms with Gasteiger partial charge >= 0.3 is 0 Å². The first-order valence-electron chi connectivity index (χ1n) is 5.21. The number of rotatable bonds is 4. The summed E-state index contributed by atoms with van der Waals surface area (Å²) in [6.45, 7) is 2.04. The molecule has 1 saturated carbocycles. The summed E-state index contributed by atoms with van der Waals surface area (Å²) >= 11 is 1.65. The highest BCUT2D eigenvalue weighted by Crippen LogP contribution is 2.28. The van der Waals surface area contributed by atoms with Crippen LogP contribution in [0.1, 0.15) is 31.1 Å². The predicted octanol–water partition coefficient (Wildman–Crippen LogP) is 2.39. The largest absolute Gasteiger partial charge is 0.273 e. The standard InChI is InChI=1S/C11H14N2OS/c1-2-9(10-4-3-7-15-10)12-13-11(14)8-5-6-8/h3-4,7-8H,2,5-6H2,1H3,(H,13,14)/b12-9-. The highest BCUT2D eigenvalue weighted by Gasteiger charge is 2.29. The van der Waals surface area contributed by atoms with E-state index in [0.29, 0.717) is 0 Å². The molecular formula is C11H14N2OS. The lowest BCUT2D eigenvalue weighted by Gasteiger charge is -2.01. The molecule has 0 atom stereocenters. The summed E-state index contributed by atoms with van der Waals surface area (Å²) < 4.78 is 0. The number of hydrogen-bond donors (Lipinski definition) is 1. The number of amides is 1. The van der Waals surface area contributed by atoms with Crippen LogP contribution in [0.3, 0.4) is 0 Å². The fourth-order valence-corrected chi connectivity index (χ4v) is 2.10. The molecular weight excluding hydrogens is 208 g/mol. The molecule has 1 aromatic rings. The third-order valence-corrected chi connectivity index (χ3v) is 3.31. The summed E-state index contributed by atoms with van der Waals surface area (Å²) in [5.74, 6) is 0.285. The Morgan fingerprint density at radius 1 is 1.67 bits per heavy atom. The average Bonchev–Trinajstić information content (AvgIpc) is 2.97. The van der Waals surface area contributed by atoms with Gasteiger partial charge in [-0.1, -0.05) is 13.0 Å². The molecule has 0 radical (unpaired) electrons. The Labute approximate surface area is 93.2 Å². The van der Waals surface area contributed by atoms with Crippen molar-refractivity contribution < 1.29 is 4.79 Å². The van der Waals surface area contributed by atoms with E-state index in [1.54, 1.807) is 11.3 Å². The SMILES string of the molecule is CC/C(=N/NC(=O)C1CC1)c1cccs1. The van der Waals surface area contributed by atoms with Gasteiger partial charge in [-0.25, -0.2) is 5.43 Å². The highest BCUT2D eigenvalue weighted by molar-refractivity contribution is 7.12. The van der Waals surface area contributed by atoms with Gasteiger partial charge in [0.05, 0.1) is 10.6 Å². The molecule has 0 aliphatic heterocycles. The monoisotopic (exact) mass is 222 g/mol. The molecule has 4 heteroatoms. The Bertz CT molecular complexity index is 366. The van der Waals surface area contributed by atoms with Gasteiger partial charge < -0.3 is 0 Å². The van der Waals surface area contributed by atoms with Gasteiger partial charge in [-0.2, -0.15) is 5.10 Å². The van der Waals surface area contributed by atoms with Crippen LogP contribution >= 0.6 is 11.3 Å². The summed E-state index contributed by atoms with van der Waals surface area (Å²) in [5, 5.41) is 6.19. The van der Waals surface area contributed by atoms with Crippen molar-refractivity contribution >= 4 is 23.0 Å². The topological polar surface area (TPSA) is 41.5 Å². The van der Waals surface area contributed by atoms with E-state index < -0.39 is 0 Å². The van der Waals surface area contributed by atoms with Crippen molar-refractivity contribution in [2.45, 2.75) is 26.2 Å². The fourth-order valence-electron chi connectivity index (χ4n) is 1.31. The van der Waals surface area contributed by atoms with Crippen LogP contribution in [-0.2, 0) is 4.79 Å². The van der Waals surface area contributed by atoms with Gasteiger partial charge in [0.1, 0.15) is 0 Å². The first-order valence-corrected chi connectivity index (χ1v) is 6.09. The van der Waals surface area contributed by atoms with Crippen molar-refractivity contribution in [1.29, 1.82) is 0 Å². The lowest BCUT2D eigenvalue weighted by Crippen LogP contribution is -2.21. The third-order valence-electron chi connectivity index (χ3n) is 2.39. The second-order valence-electron chi connectivity index (χ2n) is 3.64. The van der Waals surface area contributed by atoms with E-state index in [1.165, 1.54) is 0 Å². The number of nitrogens with zero attached hydrogens (tertiary/aromatic N) is 1.